The summed E-state index contributed by atoms with van der Waals surface area (Å²) < 4.78 is 0. The summed E-state index contributed by atoms with van der Waals surface area (Å²) in [6, 6.07) is 6.34. The van der Waals surface area contributed by atoms with Crippen molar-refractivity contribution in [3.05, 3.63) is 21.9 Å². The molecule has 1 aromatic rings. The monoisotopic (exact) mass is 222 g/mol. The molecule has 0 saturated carbocycles. The van der Waals surface area contributed by atoms with Gasteiger partial charge in [0.1, 0.15) is 10.9 Å². The van der Waals surface area contributed by atoms with Crippen LogP contribution in [-0.4, -0.2) is 29.2 Å². The quantitative estimate of drug-likeness (QED) is 0.844. The van der Waals surface area contributed by atoms with E-state index in [0.29, 0.717) is 6.04 Å². The van der Waals surface area contributed by atoms with Gasteiger partial charge in [0.05, 0.1) is 6.61 Å². The number of hydrogen-bond donors (Lipinski definition) is 1. The molecule has 2 rings (SSSR count). The van der Waals surface area contributed by atoms with E-state index in [1.54, 1.807) is 11.3 Å². The maximum atomic E-state index is 9.18. The fourth-order valence-electron chi connectivity index (χ4n) is 2.03. The summed E-state index contributed by atoms with van der Waals surface area (Å²) in [5, 5.41) is 17.9. The van der Waals surface area contributed by atoms with Crippen molar-refractivity contribution < 1.29 is 5.11 Å². The van der Waals surface area contributed by atoms with Crippen LogP contribution in [0.15, 0.2) is 12.1 Å². The number of hydrogen-bond acceptors (Lipinski definition) is 4. The predicted octanol–water partition coefficient (Wildman–Crippen LogP) is 1.58. The van der Waals surface area contributed by atoms with Gasteiger partial charge in [-0.15, -0.1) is 11.3 Å². The summed E-state index contributed by atoms with van der Waals surface area (Å²) in [6.07, 6.45) is 2.26. The van der Waals surface area contributed by atoms with Crippen molar-refractivity contribution in [2.75, 3.05) is 13.2 Å². The lowest BCUT2D eigenvalue weighted by Crippen LogP contribution is -2.31. The Morgan fingerprint density at radius 3 is 3.13 bits per heavy atom. The zero-order chi connectivity index (χ0) is 10.7. The highest BCUT2D eigenvalue weighted by molar-refractivity contribution is 7.12. The van der Waals surface area contributed by atoms with Crippen molar-refractivity contribution in [1.29, 1.82) is 5.26 Å². The fraction of sp³-hybridized carbons (Fsp3) is 0.545. The van der Waals surface area contributed by atoms with E-state index in [2.05, 4.69) is 11.0 Å². The third-order valence-corrected chi connectivity index (χ3v) is 3.82. The van der Waals surface area contributed by atoms with Gasteiger partial charge in [0, 0.05) is 17.5 Å². The SMILES string of the molecule is N#Cc1ccc(CN2CCC[C@@H]2CO)s1. The van der Waals surface area contributed by atoms with Crippen LogP contribution in [0.2, 0.25) is 0 Å². The van der Waals surface area contributed by atoms with Crippen LogP contribution in [0.5, 0.6) is 0 Å². The maximum Gasteiger partial charge on any atom is 0.110 e. The lowest BCUT2D eigenvalue weighted by atomic mass is 10.2. The van der Waals surface area contributed by atoms with E-state index >= 15 is 0 Å². The van der Waals surface area contributed by atoms with Crippen LogP contribution in [0.3, 0.4) is 0 Å². The topological polar surface area (TPSA) is 47.3 Å². The average molecular weight is 222 g/mol. The van der Waals surface area contributed by atoms with Gasteiger partial charge >= 0.3 is 0 Å². The summed E-state index contributed by atoms with van der Waals surface area (Å²) in [5.74, 6) is 0. The molecule has 4 heteroatoms. The van der Waals surface area contributed by atoms with Gasteiger partial charge in [-0.25, -0.2) is 0 Å². The van der Waals surface area contributed by atoms with Crippen LogP contribution in [-0.2, 0) is 6.54 Å². The fourth-order valence-corrected chi connectivity index (χ4v) is 2.86. The van der Waals surface area contributed by atoms with Crippen molar-refractivity contribution in [3.8, 4) is 6.07 Å². The number of aliphatic hydroxyl groups excluding tert-OH is 1. The van der Waals surface area contributed by atoms with Crippen molar-refractivity contribution in [2.45, 2.75) is 25.4 Å². The molecule has 0 amide bonds. The average Bonchev–Trinajstić information content (AvgIpc) is 2.87. The molecule has 0 radical (unpaired) electrons. The highest BCUT2D eigenvalue weighted by Crippen LogP contribution is 2.23. The van der Waals surface area contributed by atoms with Crippen LogP contribution in [0.4, 0.5) is 0 Å². The Morgan fingerprint density at radius 1 is 1.60 bits per heavy atom. The molecule has 0 unspecified atom stereocenters. The van der Waals surface area contributed by atoms with E-state index in [1.165, 1.54) is 11.3 Å². The van der Waals surface area contributed by atoms with Gasteiger partial charge in [-0.3, -0.25) is 4.90 Å². The Bertz CT molecular complexity index is 369. The van der Waals surface area contributed by atoms with Gasteiger partial charge in [-0.2, -0.15) is 5.26 Å². The van der Waals surface area contributed by atoms with Gasteiger partial charge in [-0.1, -0.05) is 0 Å². The number of likely N-dealkylation sites (tertiary alicyclic amines) is 1. The summed E-state index contributed by atoms with van der Waals surface area (Å²) in [6.45, 7) is 2.18. The summed E-state index contributed by atoms with van der Waals surface area (Å²) >= 11 is 1.55. The molecular formula is C11H14N2OS. The molecule has 80 valence electrons. The van der Waals surface area contributed by atoms with Gasteiger partial charge in [0.2, 0.25) is 0 Å². The molecule has 1 saturated heterocycles. The predicted molar refractivity (Wildman–Crippen MR) is 59.6 cm³/mol. The first-order valence-corrected chi connectivity index (χ1v) is 5.99. The number of thiophene rings is 1. The van der Waals surface area contributed by atoms with Gasteiger partial charge in [-0.05, 0) is 31.5 Å². The van der Waals surface area contributed by atoms with Gasteiger partial charge in [0.15, 0.2) is 0 Å². The molecule has 2 heterocycles. The number of aliphatic hydroxyl groups is 1. The second kappa shape index (κ2) is 4.75. The number of rotatable bonds is 3. The number of nitrogens with zero attached hydrogens (tertiary/aromatic N) is 2. The summed E-state index contributed by atoms with van der Waals surface area (Å²) in [5.41, 5.74) is 0. The van der Waals surface area contributed by atoms with Crippen LogP contribution < -0.4 is 0 Å². The largest absolute Gasteiger partial charge is 0.395 e. The first-order valence-electron chi connectivity index (χ1n) is 5.17. The normalized spacial score (nSPS) is 21.7. The molecule has 1 N–H and O–H groups in total. The first-order chi connectivity index (χ1) is 7.33. The lowest BCUT2D eigenvalue weighted by Gasteiger charge is -2.21. The second-order valence-electron chi connectivity index (χ2n) is 3.83. The summed E-state index contributed by atoms with van der Waals surface area (Å²) in [7, 11) is 0. The molecule has 15 heavy (non-hydrogen) atoms. The lowest BCUT2D eigenvalue weighted by molar-refractivity contribution is 0.154. The number of nitriles is 1. The molecule has 1 aromatic heterocycles. The maximum absolute atomic E-state index is 9.18. The minimum absolute atomic E-state index is 0.247. The van der Waals surface area contributed by atoms with Crippen LogP contribution >= 0.6 is 11.3 Å². The third kappa shape index (κ3) is 2.37. The first kappa shape index (κ1) is 10.6. The van der Waals surface area contributed by atoms with E-state index in [4.69, 9.17) is 5.26 Å². The molecular weight excluding hydrogens is 208 g/mol. The standard InChI is InChI=1S/C11H14N2OS/c12-6-10-3-4-11(15-10)7-13-5-1-2-9(13)8-14/h3-4,9,14H,1-2,5,7-8H2/t9-/m1/s1. The van der Waals surface area contributed by atoms with E-state index < -0.39 is 0 Å². The van der Waals surface area contributed by atoms with Crippen molar-refractivity contribution in [3.63, 3.8) is 0 Å². The Morgan fingerprint density at radius 2 is 2.47 bits per heavy atom. The second-order valence-corrected chi connectivity index (χ2v) is 5.00. The van der Waals surface area contributed by atoms with Crippen LogP contribution in [0.1, 0.15) is 22.6 Å². The highest BCUT2D eigenvalue weighted by atomic mass is 32.1. The van der Waals surface area contributed by atoms with E-state index in [-0.39, 0.29) is 6.61 Å². The van der Waals surface area contributed by atoms with E-state index in [0.717, 1.165) is 24.4 Å². The molecule has 1 atom stereocenters. The van der Waals surface area contributed by atoms with Crippen molar-refractivity contribution >= 4 is 11.3 Å². The van der Waals surface area contributed by atoms with Gasteiger partial charge in [0.25, 0.3) is 0 Å². The zero-order valence-electron chi connectivity index (χ0n) is 8.52. The molecule has 0 aromatic carbocycles. The molecule has 1 aliphatic rings. The molecule has 0 aliphatic carbocycles. The van der Waals surface area contributed by atoms with Crippen molar-refractivity contribution in [1.82, 2.24) is 4.90 Å². The van der Waals surface area contributed by atoms with Gasteiger partial charge < -0.3 is 5.11 Å². The van der Waals surface area contributed by atoms with Crippen LogP contribution in [0.25, 0.3) is 0 Å². The molecule has 1 aliphatic heterocycles. The Balaban J connectivity index is 1.99. The molecule has 3 nitrogen and oxygen atoms in total. The Kier molecular flexibility index (Phi) is 3.37. The third-order valence-electron chi connectivity index (χ3n) is 2.84. The Hall–Kier alpha value is -0.890. The van der Waals surface area contributed by atoms with E-state index in [1.807, 2.05) is 12.1 Å². The Labute approximate surface area is 93.6 Å². The summed E-state index contributed by atoms with van der Waals surface area (Å²) in [4.78, 5) is 4.28. The smallest absolute Gasteiger partial charge is 0.110 e. The minimum atomic E-state index is 0.247. The molecule has 0 bridgehead atoms. The molecule has 0 spiro atoms. The highest BCUT2D eigenvalue weighted by Gasteiger charge is 2.23. The molecule has 1 fully saturated rings. The zero-order valence-corrected chi connectivity index (χ0v) is 9.33. The van der Waals surface area contributed by atoms with Crippen molar-refractivity contribution in [2.24, 2.45) is 0 Å². The van der Waals surface area contributed by atoms with Crippen LogP contribution in [0, 0.1) is 11.3 Å². The minimum Gasteiger partial charge on any atom is -0.395 e. The van der Waals surface area contributed by atoms with E-state index in [9.17, 15) is 5.11 Å².